The fourth-order valence-corrected chi connectivity index (χ4v) is 2.93. The summed E-state index contributed by atoms with van der Waals surface area (Å²) in [7, 11) is 0. The molecule has 2 unspecified atom stereocenters. The normalized spacial score (nSPS) is 16.7. The standard InChI is InChI=1S/C19H31N3O.2ClH/c1-14(11-20)18(23)21-17(19(2,3)4)13-22-10-9-15-7-5-6-8-16(15)12-22;;/h5-8,14,17H,9-13,20H2,1-4H3,(H,21,23);2*1H. The summed E-state index contributed by atoms with van der Waals surface area (Å²) in [4.78, 5) is 14.7. The van der Waals surface area contributed by atoms with Crippen molar-refractivity contribution in [3.63, 3.8) is 0 Å². The highest BCUT2D eigenvalue weighted by Gasteiger charge is 2.30. The molecule has 0 spiro atoms. The molecule has 144 valence electrons. The van der Waals surface area contributed by atoms with Crippen LogP contribution >= 0.6 is 24.8 Å². The van der Waals surface area contributed by atoms with Gasteiger partial charge in [0.1, 0.15) is 0 Å². The number of carbonyl (C=O) groups is 1. The smallest absolute Gasteiger partial charge is 0.224 e. The molecule has 0 aromatic heterocycles. The van der Waals surface area contributed by atoms with Crippen LogP contribution in [0.4, 0.5) is 0 Å². The minimum Gasteiger partial charge on any atom is -0.351 e. The van der Waals surface area contributed by atoms with Crippen LogP contribution < -0.4 is 11.1 Å². The lowest BCUT2D eigenvalue weighted by Crippen LogP contribution is -2.53. The van der Waals surface area contributed by atoms with E-state index in [4.69, 9.17) is 5.73 Å². The second kappa shape index (κ2) is 10.4. The van der Waals surface area contributed by atoms with Crippen LogP contribution in [0.25, 0.3) is 0 Å². The summed E-state index contributed by atoms with van der Waals surface area (Å²) in [5.41, 5.74) is 8.50. The molecule has 6 heteroatoms. The maximum Gasteiger partial charge on any atom is 0.224 e. The van der Waals surface area contributed by atoms with Crippen LogP contribution in [0.2, 0.25) is 0 Å². The van der Waals surface area contributed by atoms with Crippen LogP contribution in [0.3, 0.4) is 0 Å². The highest BCUT2D eigenvalue weighted by atomic mass is 35.5. The van der Waals surface area contributed by atoms with Crippen molar-refractivity contribution in [1.29, 1.82) is 0 Å². The van der Waals surface area contributed by atoms with Gasteiger partial charge in [-0.1, -0.05) is 52.0 Å². The van der Waals surface area contributed by atoms with Gasteiger partial charge in [0, 0.05) is 38.1 Å². The van der Waals surface area contributed by atoms with Gasteiger partial charge >= 0.3 is 0 Å². The van der Waals surface area contributed by atoms with Crippen LogP contribution in [0.5, 0.6) is 0 Å². The number of halogens is 2. The van der Waals surface area contributed by atoms with Crippen LogP contribution in [-0.4, -0.2) is 36.5 Å². The van der Waals surface area contributed by atoms with Crippen LogP contribution in [-0.2, 0) is 17.8 Å². The Labute approximate surface area is 164 Å². The van der Waals surface area contributed by atoms with Crippen molar-refractivity contribution in [2.24, 2.45) is 17.1 Å². The molecule has 1 aliphatic heterocycles. The van der Waals surface area contributed by atoms with Gasteiger partial charge in [-0.25, -0.2) is 0 Å². The molecule has 1 aliphatic rings. The average Bonchev–Trinajstić information content (AvgIpc) is 2.52. The van der Waals surface area contributed by atoms with Gasteiger partial charge in [0.05, 0.1) is 0 Å². The third-order valence-electron chi connectivity index (χ3n) is 4.81. The first-order chi connectivity index (χ1) is 10.8. The lowest BCUT2D eigenvalue weighted by Gasteiger charge is -2.38. The quantitative estimate of drug-likeness (QED) is 0.813. The lowest BCUT2D eigenvalue weighted by molar-refractivity contribution is -0.125. The van der Waals surface area contributed by atoms with Gasteiger partial charge in [-0.2, -0.15) is 0 Å². The van der Waals surface area contributed by atoms with Crippen molar-refractivity contribution >= 4 is 30.7 Å². The summed E-state index contributed by atoms with van der Waals surface area (Å²) >= 11 is 0. The molecule has 0 saturated carbocycles. The van der Waals surface area contributed by atoms with Crippen LogP contribution in [0.15, 0.2) is 24.3 Å². The second-order valence-electron chi connectivity index (χ2n) is 7.82. The topological polar surface area (TPSA) is 58.4 Å². The van der Waals surface area contributed by atoms with Crippen LogP contribution in [0.1, 0.15) is 38.8 Å². The summed E-state index contributed by atoms with van der Waals surface area (Å²) in [6.45, 7) is 11.7. The molecule has 25 heavy (non-hydrogen) atoms. The molecule has 0 saturated heterocycles. The number of nitrogens with one attached hydrogen (secondary N) is 1. The predicted octanol–water partition coefficient (Wildman–Crippen LogP) is 3.01. The Kier molecular flexibility index (Phi) is 10.0. The molecular formula is C19H33Cl2N3O. The van der Waals surface area contributed by atoms with E-state index < -0.39 is 0 Å². The Hall–Kier alpha value is -0.810. The van der Waals surface area contributed by atoms with E-state index in [1.165, 1.54) is 11.1 Å². The summed E-state index contributed by atoms with van der Waals surface area (Å²) in [5, 5.41) is 3.22. The van der Waals surface area contributed by atoms with E-state index in [2.05, 4.69) is 55.3 Å². The predicted molar refractivity (Wildman–Crippen MR) is 110 cm³/mol. The van der Waals surface area contributed by atoms with Gasteiger partial charge in [-0.3, -0.25) is 9.69 Å². The first-order valence-electron chi connectivity index (χ1n) is 8.61. The van der Waals surface area contributed by atoms with E-state index in [-0.39, 0.29) is 48.1 Å². The van der Waals surface area contributed by atoms with Crippen molar-refractivity contribution in [1.82, 2.24) is 10.2 Å². The van der Waals surface area contributed by atoms with Crippen molar-refractivity contribution < 1.29 is 4.79 Å². The fourth-order valence-electron chi connectivity index (χ4n) is 2.93. The number of nitrogens with zero attached hydrogens (tertiary/aromatic N) is 1. The minimum absolute atomic E-state index is 0. The van der Waals surface area contributed by atoms with Crippen molar-refractivity contribution in [2.45, 2.75) is 46.7 Å². The maximum absolute atomic E-state index is 12.3. The lowest BCUT2D eigenvalue weighted by atomic mass is 9.85. The number of fused-ring (bicyclic) bond motifs is 1. The Balaban J connectivity index is 0.00000288. The summed E-state index contributed by atoms with van der Waals surface area (Å²) < 4.78 is 0. The molecular weight excluding hydrogens is 357 g/mol. The molecule has 1 aromatic carbocycles. The van der Waals surface area contributed by atoms with E-state index in [1.807, 2.05) is 6.92 Å². The van der Waals surface area contributed by atoms with Gasteiger partial charge in [0.15, 0.2) is 0 Å². The molecule has 0 radical (unpaired) electrons. The van der Waals surface area contributed by atoms with Gasteiger partial charge in [-0.05, 0) is 23.0 Å². The van der Waals surface area contributed by atoms with Crippen molar-refractivity contribution in [3.8, 4) is 0 Å². The maximum atomic E-state index is 12.3. The first kappa shape index (κ1) is 24.2. The molecule has 0 aliphatic carbocycles. The zero-order valence-electron chi connectivity index (χ0n) is 15.7. The van der Waals surface area contributed by atoms with E-state index in [0.717, 1.165) is 26.1 Å². The Bertz CT molecular complexity index is 546. The number of benzene rings is 1. The van der Waals surface area contributed by atoms with Gasteiger partial charge in [0.25, 0.3) is 0 Å². The van der Waals surface area contributed by atoms with E-state index in [0.29, 0.717) is 6.54 Å². The van der Waals surface area contributed by atoms with E-state index >= 15 is 0 Å². The SMILES string of the molecule is CC(CN)C(=O)NC(CN1CCc2ccccc2C1)C(C)(C)C.Cl.Cl. The molecule has 2 rings (SSSR count). The van der Waals surface area contributed by atoms with Crippen LogP contribution in [0, 0.1) is 11.3 Å². The van der Waals surface area contributed by atoms with E-state index in [9.17, 15) is 4.79 Å². The average molecular weight is 390 g/mol. The number of carbonyl (C=O) groups excluding carboxylic acids is 1. The van der Waals surface area contributed by atoms with Gasteiger partial charge in [-0.15, -0.1) is 24.8 Å². The van der Waals surface area contributed by atoms with Crippen molar-refractivity contribution in [2.75, 3.05) is 19.6 Å². The Morgan fingerprint density at radius 1 is 1.24 bits per heavy atom. The van der Waals surface area contributed by atoms with Crippen molar-refractivity contribution in [3.05, 3.63) is 35.4 Å². The summed E-state index contributed by atoms with van der Waals surface area (Å²) in [6, 6.07) is 8.77. The molecule has 3 N–H and O–H groups in total. The zero-order chi connectivity index (χ0) is 17.0. The number of nitrogens with two attached hydrogens (primary N) is 1. The number of hydrogen-bond acceptors (Lipinski definition) is 3. The highest BCUT2D eigenvalue weighted by molar-refractivity contribution is 5.85. The fraction of sp³-hybridized carbons (Fsp3) is 0.632. The molecule has 1 aromatic rings. The molecule has 0 bridgehead atoms. The molecule has 1 heterocycles. The molecule has 2 atom stereocenters. The Morgan fingerprint density at radius 3 is 2.40 bits per heavy atom. The summed E-state index contributed by atoms with van der Waals surface area (Å²) in [5.74, 6) is -0.0771. The number of rotatable bonds is 5. The monoisotopic (exact) mass is 389 g/mol. The molecule has 1 amide bonds. The van der Waals surface area contributed by atoms with Gasteiger partial charge < -0.3 is 11.1 Å². The first-order valence-corrected chi connectivity index (χ1v) is 8.61. The summed E-state index contributed by atoms with van der Waals surface area (Å²) in [6.07, 6.45) is 1.08. The van der Waals surface area contributed by atoms with E-state index in [1.54, 1.807) is 0 Å². The zero-order valence-corrected chi connectivity index (χ0v) is 17.4. The Morgan fingerprint density at radius 2 is 1.84 bits per heavy atom. The minimum atomic E-state index is -0.137. The largest absolute Gasteiger partial charge is 0.351 e. The number of amides is 1. The third-order valence-corrected chi connectivity index (χ3v) is 4.81. The second-order valence-corrected chi connectivity index (χ2v) is 7.82. The molecule has 4 nitrogen and oxygen atoms in total. The third kappa shape index (κ3) is 6.78. The molecule has 0 fully saturated rings. The highest BCUT2D eigenvalue weighted by Crippen LogP contribution is 2.24. The van der Waals surface area contributed by atoms with Gasteiger partial charge in [0.2, 0.25) is 5.91 Å². The number of hydrogen-bond donors (Lipinski definition) is 2.